The molecule has 1 aromatic heterocycles. The van der Waals surface area contributed by atoms with Crippen molar-refractivity contribution in [1.29, 1.82) is 0 Å². The molecule has 3 rings (SSSR count). The highest BCUT2D eigenvalue weighted by molar-refractivity contribution is 7.20. The van der Waals surface area contributed by atoms with Gasteiger partial charge in [-0.1, -0.05) is 12.1 Å². The van der Waals surface area contributed by atoms with Gasteiger partial charge in [0.2, 0.25) is 0 Å². The third-order valence-corrected chi connectivity index (χ3v) is 4.80. The van der Waals surface area contributed by atoms with Crippen LogP contribution in [0.3, 0.4) is 0 Å². The van der Waals surface area contributed by atoms with Gasteiger partial charge in [0, 0.05) is 10.4 Å². The maximum atomic E-state index is 12.2. The summed E-state index contributed by atoms with van der Waals surface area (Å²) in [6.07, 6.45) is 0. The number of benzene rings is 2. The van der Waals surface area contributed by atoms with E-state index < -0.39 is 0 Å². The van der Waals surface area contributed by atoms with Crippen molar-refractivity contribution in [1.82, 2.24) is 0 Å². The van der Waals surface area contributed by atoms with Gasteiger partial charge in [-0.25, -0.2) is 4.79 Å². The minimum Gasteiger partial charge on any atom is -0.493 e. The molecule has 0 aliphatic heterocycles. The smallest absolute Gasteiger partial charge is 0.348 e. The van der Waals surface area contributed by atoms with Crippen LogP contribution in [0, 0.1) is 0 Å². The molecule has 0 unspecified atom stereocenters. The molecule has 140 valence electrons. The summed E-state index contributed by atoms with van der Waals surface area (Å²) >= 11 is 1.36. The molecule has 0 aliphatic rings. The highest BCUT2D eigenvalue weighted by Crippen LogP contribution is 2.29. The molecule has 7 heteroatoms. The third-order valence-electron chi connectivity index (χ3n) is 3.70. The predicted octanol–water partition coefficient (Wildman–Crippen LogP) is 4.10. The minimum atomic E-state index is -0.338. The van der Waals surface area contributed by atoms with Gasteiger partial charge in [-0.15, -0.1) is 11.3 Å². The molecule has 0 bridgehead atoms. The van der Waals surface area contributed by atoms with E-state index in [9.17, 15) is 9.59 Å². The number of hydrogen-bond donors (Lipinski definition) is 1. The summed E-state index contributed by atoms with van der Waals surface area (Å²) in [6, 6.07) is 14.4. The fourth-order valence-electron chi connectivity index (χ4n) is 2.50. The molecule has 1 N–H and O–H groups in total. The van der Waals surface area contributed by atoms with Gasteiger partial charge in [-0.3, -0.25) is 4.79 Å². The number of esters is 1. The third kappa shape index (κ3) is 4.57. The van der Waals surface area contributed by atoms with Gasteiger partial charge in [0.1, 0.15) is 4.88 Å². The largest absolute Gasteiger partial charge is 0.493 e. The monoisotopic (exact) mass is 385 g/mol. The number of para-hydroxylation sites is 2. The average molecular weight is 385 g/mol. The average Bonchev–Trinajstić information content (AvgIpc) is 3.10. The van der Waals surface area contributed by atoms with Gasteiger partial charge in [-0.05, 0) is 48.7 Å². The van der Waals surface area contributed by atoms with Crippen molar-refractivity contribution in [3.05, 3.63) is 53.4 Å². The minimum absolute atomic E-state index is 0.143. The van der Waals surface area contributed by atoms with E-state index in [1.165, 1.54) is 11.3 Å². The molecule has 0 saturated carbocycles. The number of fused-ring (bicyclic) bond motifs is 1. The molecular formula is C20H19NO5S. The molecule has 0 radical (unpaired) electrons. The zero-order valence-electron chi connectivity index (χ0n) is 15.0. The van der Waals surface area contributed by atoms with Crippen LogP contribution in [0.15, 0.2) is 48.5 Å². The summed E-state index contributed by atoms with van der Waals surface area (Å²) in [5, 5.41) is 3.66. The van der Waals surface area contributed by atoms with Gasteiger partial charge in [0.25, 0.3) is 5.91 Å². The molecule has 0 saturated heterocycles. The molecule has 0 aliphatic carbocycles. The van der Waals surface area contributed by atoms with Gasteiger partial charge in [0.05, 0.1) is 13.7 Å². The van der Waals surface area contributed by atoms with E-state index in [1.807, 2.05) is 18.2 Å². The number of carbonyl (C=O) groups excluding carboxylic acids is 2. The zero-order valence-corrected chi connectivity index (χ0v) is 15.8. The first kappa shape index (κ1) is 18.7. The Morgan fingerprint density at radius 3 is 2.59 bits per heavy atom. The summed E-state index contributed by atoms with van der Waals surface area (Å²) < 4.78 is 16.7. The van der Waals surface area contributed by atoms with Crippen LogP contribution in [-0.4, -0.2) is 32.2 Å². The summed E-state index contributed by atoms with van der Waals surface area (Å²) in [4.78, 5) is 24.5. The topological polar surface area (TPSA) is 73.9 Å². The van der Waals surface area contributed by atoms with E-state index in [4.69, 9.17) is 14.2 Å². The Kier molecular flexibility index (Phi) is 5.93. The van der Waals surface area contributed by atoms with Crippen molar-refractivity contribution in [2.75, 3.05) is 25.6 Å². The number of carbonyl (C=O) groups is 2. The first-order chi connectivity index (χ1) is 13.1. The summed E-state index contributed by atoms with van der Waals surface area (Å²) in [6.45, 7) is 1.96. The van der Waals surface area contributed by atoms with Crippen molar-refractivity contribution in [3.8, 4) is 11.5 Å². The second-order valence-electron chi connectivity index (χ2n) is 5.57. The van der Waals surface area contributed by atoms with Crippen LogP contribution in [0.25, 0.3) is 10.1 Å². The predicted molar refractivity (Wildman–Crippen MR) is 105 cm³/mol. The second kappa shape index (κ2) is 8.55. The normalized spacial score (nSPS) is 10.4. The Hall–Kier alpha value is -3.06. The standard InChI is InChI=1S/C20H19NO5S/c1-3-25-20(23)18-11-13-10-14(8-9-17(13)27-18)21-19(22)12-26-16-7-5-4-6-15(16)24-2/h4-11H,3,12H2,1-2H3,(H,21,22). The number of anilines is 1. The summed E-state index contributed by atoms with van der Waals surface area (Å²) in [7, 11) is 1.54. The number of hydrogen-bond acceptors (Lipinski definition) is 6. The number of methoxy groups -OCH3 is 1. The van der Waals surface area contributed by atoms with Crippen molar-refractivity contribution in [2.24, 2.45) is 0 Å². The maximum absolute atomic E-state index is 12.2. The van der Waals surface area contributed by atoms with Gasteiger partial charge >= 0.3 is 5.97 Å². The fourth-order valence-corrected chi connectivity index (χ4v) is 3.44. The van der Waals surface area contributed by atoms with Crippen molar-refractivity contribution in [2.45, 2.75) is 6.92 Å². The first-order valence-corrected chi connectivity index (χ1v) is 9.18. The van der Waals surface area contributed by atoms with E-state index in [0.29, 0.717) is 28.7 Å². The summed E-state index contributed by atoms with van der Waals surface area (Å²) in [5.41, 5.74) is 0.629. The molecule has 1 amide bonds. The molecule has 3 aromatic rings. The molecule has 6 nitrogen and oxygen atoms in total. The molecule has 0 fully saturated rings. The number of thiophene rings is 1. The lowest BCUT2D eigenvalue weighted by Crippen LogP contribution is -2.20. The maximum Gasteiger partial charge on any atom is 0.348 e. The number of ether oxygens (including phenoxy) is 3. The zero-order chi connectivity index (χ0) is 19.2. The molecule has 0 spiro atoms. The van der Waals surface area contributed by atoms with Crippen molar-refractivity contribution in [3.63, 3.8) is 0 Å². The Bertz CT molecular complexity index is 966. The van der Waals surface area contributed by atoms with Gasteiger partial charge in [0.15, 0.2) is 18.1 Å². The van der Waals surface area contributed by atoms with E-state index >= 15 is 0 Å². The van der Waals surface area contributed by atoms with Gasteiger partial charge in [-0.2, -0.15) is 0 Å². The number of amides is 1. The lowest BCUT2D eigenvalue weighted by molar-refractivity contribution is -0.118. The number of rotatable bonds is 7. The Morgan fingerprint density at radius 2 is 1.85 bits per heavy atom. The fraction of sp³-hybridized carbons (Fsp3) is 0.200. The highest BCUT2D eigenvalue weighted by atomic mass is 32.1. The lowest BCUT2D eigenvalue weighted by Gasteiger charge is -2.10. The van der Waals surface area contributed by atoms with Crippen LogP contribution in [0.2, 0.25) is 0 Å². The summed E-state index contributed by atoms with van der Waals surface area (Å²) in [5.74, 6) is 0.439. The van der Waals surface area contributed by atoms with E-state index in [0.717, 1.165) is 10.1 Å². The van der Waals surface area contributed by atoms with Crippen molar-refractivity contribution >= 4 is 39.0 Å². The molecule has 0 atom stereocenters. The van der Waals surface area contributed by atoms with Crippen LogP contribution >= 0.6 is 11.3 Å². The molecule has 2 aromatic carbocycles. The first-order valence-electron chi connectivity index (χ1n) is 8.37. The highest BCUT2D eigenvalue weighted by Gasteiger charge is 2.12. The molecule has 27 heavy (non-hydrogen) atoms. The Labute approximate surface area is 160 Å². The van der Waals surface area contributed by atoms with E-state index in [2.05, 4.69) is 5.32 Å². The Morgan fingerprint density at radius 1 is 1.07 bits per heavy atom. The second-order valence-corrected chi connectivity index (χ2v) is 6.66. The van der Waals surface area contributed by atoms with Crippen LogP contribution in [-0.2, 0) is 9.53 Å². The molecule has 1 heterocycles. The molecular weight excluding hydrogens is 366 g/mol. The Balaban J connectivity index is 1.65. The van der Waals surface area contributed by atoms with Crippen LogP contribution < -0.4 is 14.8 Å². The quantitative estimate of drug-likeness (QED) is 0.620. The van der Waals surface area contributed by atoms with E-state index in [1.54, 1.807) is 44.4 Å². The SMILES string of the molecule is CCOC(=O)c1cc2cc(NC(=O)COc3ccccc3OC)ccc2s1. The van der Waals surface area contributed by atoms with Gasteiger partial charge < -0.3 is 19.5 Å². The van der Waals surface area contributed by atoms with Crippen LogP contribution in [0.4, 0.5) is 5.69 Å². The van der Waals surface area contributed by atoms with Crippen molar-refractivity contribution < 1.29 is 23.8 Å². The van der Waals surface area contributed by atoms with Crippen LogP contribution in [0.1, 0.15) is 16.6 Å². The van der Waals surface area contributed by atoms with E-state index in [-0.39, 0.29) is 18.5 Å². The lowest BCUT2D eigenvalue weighted by atomic mass is 10.2. The van der Waals surface area contributed by atoms with Crippen LogP contribution in [0.5, 0.6) is 11.5 Å². The number of nitrogens with one attached hydrogen (secondary N) is 1.